The van der Waals surface area contributed by atoms with Crippen LogP contribution in [0.15, 0.2) is 40.1 Å². The van der Waals surface area contributed by atoms with Crippen LogP contribution in [0.4, 0.5) is 0 Å². The number of carbonyl (C=O) groups excluding carboxylic acids is 1. The highest BCUT2D eigenvalue weighted by atomic mass is 16.5. The average molecular weight is 438 g/mol. The highest BCUT2D eigenvalue weighted by Gasteiger charge is 2.42. The molecular weight excluding hydrogens is 410 g/mol. The van der Waals surface area contributed by atoms with Crippen LogP contribution in [0, 0.1) is 0 Å². The Morgan fingerprint density at radius 2 is 2.00 bits per heavy atom. The predicted molar refractivity (Wildman–Crippen MR) is 120 cm³/mol. The van der Waals surface area contributed by atoms with Gasteiger partial charge in [0.1, 0.15) is 5.60 Å². The van der Waals surface area contributed by atoms with Crippen molar-refractivity contribution in [2.24, 2.45) is 5.73 Å². The summed E-state index contributed by atoms with van der Waals surface area (Å²) in [5.41, 5.74) is 6.88. The second kappa shape index (κ2) is 7.98. The fourth-order valence-electron chi connectivity index (χ4n) is 5.08. The van der Waals surface area contributed by atoms with Gasteiger partial charge in [0.15, 0.2) is 0 Å². The average Bonchev–Trinajstić information content (AvgIpc) is 3.22. The van der Waals surface area contributed by atoms with Crippen molar-refractivity contribution in [1.29, 1.82) is 0 Å². The molecule has 0 bridgehead atoms. The highest BCUT2D eigenvalue weighted by Crippen LogP contribution is 2.38. The summed E-state index contributed by atoms with van der Waals surface area (Å²) in [4.78, 5) is 42.4. The lowest BCUT2D eigenvalue weighted by Gasteiger charge is -2.27. The number of aryl methyl sites for hydroxylation is 1. The van der Waals surface area contributed by atoms with Gasteiger partial charge in [-0.05, 0) is 31.0 Å². The second-order valence-corrected chi connectivity index (χ2v) is 8.89. The SMILES string of the molecule is NC(=O)CCn1cc(CN2CCC[C@@]3(CC2)Cc2c([nH]c(=O)[nH]c2=O)O3)c2ccccc21. The minimum Gasteiger partial charge on any atom is -0.472 e. The number of nitrogens with one attached hydrogen (secondary N) is 2. The molecule has 2 aliphatic rings. The summed E-state index contributed by atoms with van der Waals surface area (Å²) in [5, 5.41) is 1.18. The summed E-state index contributed by atoms with van der Waals surface area (Å²) < 4.78 is 8.26. The Kier molecular flexibility index (Phi) is 5.13. The molecule has 3 aromatic rings. The fourth-order valence-corrected chi connectivity index (χ4v) is 5.08. The molecule has 1 aromatic carbocycles. The number of para-hydroxylation sites is 1. The van der Waals surface area contributed by atoms with Gasteiger partial charge in [0.25, 0.3) is 5.56 Å². The molecule has 1 saturated heterocycles. The quantitative estimate of drug-likeness (QED) is 0.554. The van der Waals surface area contributed by atoms with Crippen molar-refractivity contribution < 1.29 is 9.53 Å². The minimum absolute atomic E-state index is 0.306. The van der Waals surface area contributed by atoms with E-state index in [1.165, 1.54) is 10.9 Å². The molecule has 1 amide bonds. The first-order valence-electron chi connectivity index (χ1n) is 11.0. The fraction of sp³-hybridized carbons (Fsp3) is 0.435. The van der Waals surface area contributed by atoms with Gasteiger partial charge >= 0.3 is 5.69 Å². The first-order valence-corrected chi connectivity index (χ1v) is 11.0. The molecule has 1 atom stereocenters. The van der Waals surface area contributed by atoms with Crippen LogP contribution in [0.25, 0.3) is 10.9 Å². The standard InChI is InChI=1S/C23H27N5O4/c24-19(29)6-10-28-14-15(16-4-1-2-5-18(16)28)13-27-9-3-7-23(8-11-27)12-17-20(30)25-22(31)26-21(17)32-23/h1-2,4-5,14H,3,6-13H2,(H2,24,29)(H2,25,26,30,31)/t23-/m1/s1. The van der Waals surface area contributed by atoms with Crippen molar-refractivity contribution in [3.8, 4) is 5.88 Å². The van der Waals surface area contributed by atoms with Crippen molar-refractivity contribution in [3.63, 3.8) is 0 Å². The zero-order valence-corrected chi connectivity index (χ0v) is 17.9. The maximum Gasteiger partial charge on any atom is 0.328 e. The monoisotopic (exact) mass is 437 g/mol. The third-order valence-electron chi connectivity index (χ3n) is 6.67. The molecule has 5 rings (SSSR count). The topological polar surface area (TPSA) is 126 Å². The van der Waals surface area contributed by atoms with E-state index in [4.69, 9.17) is 10.5 Å². The summed E-state index contributed by atoms with van der Waals surface area (Å²) in [7, 11) is 0. The third kappa shape index (κ3) is 3.84. The summed E-state index contributed by atoms with van der Waals surface area (Å²) in [6.45, 7) is 3.12. The predicted octanol–water partition coefficient (Wildman–Crippen LogP) is 1.25. The van der Waals surface area contributed by atoms with Crippen molar-refractivity contribution in [2.75, 3.05) is 13.1 Å². The molecule has 0 radical (unpaired) electrons. The number of hydrogen-bond donors (Lipinski definition) is 3. The van der Waals surface area contributed by atoms with Crippen molar-refractivity contribution in [3.05, 3.63) is 62.4 Å². The number of primary amides is 1. The van der Waals surface area contributed by atoms with Gasteiger partial charge < -0.3 is 15.0 Å². The number of nitrogens with two attached hydrogens (primary N) is 1. The molecule has 0 saturated carbocycles. The lowest BCUT2D eigenvalue weighted by molar-refractivity contribution is -0.118. The van der Waals surface area contributed by atoms with Gasteiger partial charge in [-0.2, -0.15) is 0 Å². The van der Waals surface area contributed by atoms with Crippen LogP contribution >= 0.6 is 0 Å². The smallest absolute Gasteiger partial charge is 0.328 e. The van der Waals surface area contributed by atoms with Crippen LogP contribution in [0.1, 0.15) is 36.8 Å². The van der Waals surface area contributed by atoms with Gasteiger partial charge in [0.2, 0.25) is 11.8 Å². The Hall–Kier alpha value is -3.33. The van der Waals surface area contributed by atoms with Crippen LogP contribution in [0.3, 0.4) is 0 Å². The Morgan fingerprint density at radius 3 is 2.84 bits per heavy atom. The number of benzene rings is 1. The number of hydrogen-bond acceptors (Lipinski definition) is 5. The second-order valence-electron chi connectivity index (χ2n) is 8.89. The number of likely N-dealkylation sites (tertiary alicyclic amines) is 1. The van der Waals surface area contributed by atoms with E-state index in [2.05, 4.69) is 37.8 Å². The molecule has 2 aliphatic heterocycles. The lowest BCUT2D eigenvalue weighted by atomic mass is 9.90. The van der Waals surface area contributed by atoms with E-state index < -0.39 is 11.3 Å². The summed E-state index contributed by atoms with van der Waals surface area (Å²) in [6, 6.07) is 8.22. The number of ether oxygens (including phenoxy) is 1. The third-order valence-corrected chi connectivity index (χ3v) is 6.67. The number of H-pyrrole nitrogens is 2. The Balaban J connectivity index is 1.33. The first kappa shape index (κ1) is 20.6. The molecule has 168 valence electrons. The van der Waals surface area contributed by atoms with Crippen molar-refractivity contribution in [1.82, 2.24) is 19.4 Å². The van der Waals surface area contributed by atoms with E-state index >= 15 is 0 Å². The molecule has 4 N–H and O–H groups in total. The number of rotatable bonds is 5. The van der Waals surface area contributed by atoms with Crippen LogP contribution < -0.4 is 21.7 Å². The molecular formula is C23H27N5O4. The molecule has 4 heterocycles. The molecule has 9 nitrogen and oxygen atoms in total. The molecule has 1 fully saturated rings. The van der Waals surface area contributed by atoms with Crippen molar-refractivity contribution in [2.45, 2.75) is 50.8 Å². The van der Waals surface area contributed by atoms with E-state index in [-0.39, 0.29) is 11.5 Å². The van der Waals surface area contributed by atoms with Crippen LogP contribution in [-0.2, 0) is 24.3 Å². The van der Waals surface area contributed by atoms with E-state index in [0.29, 0.717) is 30.8 Å². The van der Waals surface area contributed by atoms with E-state index in [0.717, 1.165) is 44.4 Å². The van der Waals surface area contributed by atoms with E-state index in [1.54, 1.807) is 0 Å². The van der Waals surface area contributed by atoms with Gasteiger partial charge in [-0.1, -0.05) is 18.2 Å². The number of carbonyl (C=O) groups is 1. The number of aromatic nitrogens is 3. The zero-order chi connectivity index (χ0) is 22.3. The summed E-state index contributed by atoms with van der Waals surface area (Å²) >= 11 is 0. The van der Waals surface area contributed by atoms with Crippen molar-refractivity contribution >= 4 is 16.8 Å². The van der Waals surface area contributed by atoms with Gasteiger partial charge in [-0.25, -0.2) is 4.79 Å². The Morgan fingerprint density at radius 1 is 1.16 bits per heavy atom. The normalized spacial score (nSPS) is 20.9. The molecule has 32 heavy (non-hydrogen) atoms. The van der Waals surface area contributed by atoms with E-state index in [1.807, 2.05) is 12.1 Å². The van der Waals surface area contributed by atoms with Crippen LogP contribution in [0.2, 0.25) is 0 Å². The van der Waals surface area contributed by atoms with Gasteiger partial charge in [-0.3, -0.25) is 24.5 Å². The number of fused-ring (bicyclic) bond motifs is 2. The minimum atomic E-state index is -0.534. The van der Waals surface area contributed by atoms with Gasteiger partial charge in [-0.15, -0.1) is 0 Å². The van der Waals surface area contributed by atoms with E-state index in [9.17, 15) is 14.4 Å². The Bertz CT molecular complexity index is 1290. The largest absolute Gasteiger partial charge is 0.472 e. The maximum absolute atomic E-state index is 12.2. The van der Waals surface area contributed by atoms with Crippen LogP contribution in [0.5, 0.6) is 5.88 Å². The zero-order valence-electron chi connectivity index (χ0n) is 17.9. The van der Waals surface area contributed by atoms with Gasteiger partial charge in [0, 0.05) is 56.0 Å². The molecule has 2 aromatic heterocycles. The van der Waals surface area contributed by atoms with Crippen LogP contribution in [-0.4, -0.2) is 44.0 Å². The summed E-state index contributed by atoms with van der Waals surface area (Å²) in [5.74, 6) is 0.0182. The number of aromatic amines is 2. The lowest BCUT2D eigenvalue weighted by Crippen LogP contribution is -2.36. The molecule has 1 spiro atoms. The Labute approximate surface area is 184 Å². The number of amides is 1. The first-order chi connectivity index (χ1) is 15.4. The molecule has 0 unspecified atom stereocenters. The highest BCUT2D eigenvalue weighted by molar-refractivity contribution is 5.84. The summed E-state index contributed by atoms with van der Waals surface area (Å²) in [6.07, 6.45) is 5.51. The van der Waals surface area contributed by atoms with Gasteiger partial charge in [0.05, 0.1) is 5.56 Å². The maximum atomic E-state index is 12.2. The number of nitrogens with zero attached hydrogens (tertiary/aromatic N) is 2. The molecule has 9 heteroatoms. The molecule has 0 aliphatic carbocycles.